The van der Waals surface area contributed by atoms with E-state index >= 15 is 0 Å². The zero-order chi connectivity index (χ0) is 18.4. The fourth-order valence-electron chi connectivity index (χ4n) is 2.34. The minimum Gasteiger partial charge on any atom is -0.452 e. The summed E-state index contributed by atoms with van der Waals surface area (Å²) < 4.78 is 5.01. The predicted molar refractivity (Wildman–Crippen MR) is 103 cm³/mol. The fourth-order valence-corrected chi connectivity index (χ4v) is 3.10. The molecule has 1 aromatic carbocycles. The molecule has 132 valence electrons. The zero-order valence-electron chi connectivity index (χ0n) is 14.3. The number of carbonyl (C=O) groups is 2. The lowest BCUT2D eigenvalue weighted by atomic mass is 10.2. The molecule has 0 aliphatic carbocycles. The van der Waals surface area contributed by atoms with Crippen molar-refractivity contribution in [1.29, 1.82) is 0 Å². The van der Waals surface area contributed by atoms with Gasteiger partial charge in [0.05, 0.1) is 17.8 Å². The lowest BCUT2D eigenvalue weighted by Gasteiger charge is -2.15. The molecule has 2 heterocycles. The van der Waals surface area contributed by atoms with E-state index < -0.39 is 5.97 Å². The number of nitrogens with zero attached hydrogens (tertiary/aromatic N) is 2. The minimum absolute atomic E-state index is 0.246. The first-order chi connectivity index (χ1) is 12.6. The van der Waals surface area contributed by atoms with Gasteiger partial charge in [-0.15, -0.1) is 11.3 Å². The van der Waals surface area contributed by atoms with Gasteiger partial charge in [-0.3, -0.25) is 4.79 Å². The van der Waals surface area contributed by atoms with Crippen LogP contribution in [0.3, 0.4) is 0 Å². The summed E-state index contributed by atoms with van der Waals surface area (Å²) in [5.41, 5.74) is 1.51. The molecule has 1 amide bonds. The Labute approximate surface area is 155 Å². The highest BCUT2D eigenvalue weighted by molar-refractivity contribution is 7.09. The molecule has 0 aliphatic rings. The molecule has 0 bridgehead atoms. The molecule has 0 unspecified atom stereocenters. The van der Waals surface area contributed by atoms with E-state index in [0.29, 0.717) is 12.2 Å². The van der Waals surface area contributed by atoms with Gasteiger partial charge in [0.15, 0.2) is 6.61 Å². The molecule has 3 rings (SSSR count). The molecular formula is C20H18N2O3S. The van der Waals surface area contributed by atoms with Crippen LogP contribution in [-0.4, -0.2) is 35.4 Å². The third-order valence-electron chi connectivity index (χ3n) is 3.75. The molecule has 2 aromatic heterocycles. The Morgan fingerprint density at radius 2 is 2.00 bits per heavy atom. The fraction of sp³-hybridized carbons (Fsp3) is 0.150. The van der Waals surface area contributed by atoms with Crippen molar-refractivity contribution in [3.05, 3.63) is 70.6 Å². The molecular weight excluding hydrogens is 348 g/mol. The largest absolute Gasteiger partial charge is 0.452 e. The monoisotopic (exact) mass is 366 g/mol. The summed E-state index contributed by atoms with van der Waals surface area (Å²) in [6.07, 6.45) is 2.86. The van der Waals surface area contributed by atoms with Crippen molar-refractivity contribution in [3.8, 4) is 0 Å². The van der Waals surface area contributed by atoms with E-state index in [-0.39, 0.29) is 12.5 Å². The van der Waals surface area contributed by atoms with Gasteiger partial charge in [0.25, 0.3) is 5.91 Å². The van der Waals surface area contributed by atoms with Gasteiger partial charge in [0, 0.05) is 23.4 Å². The van der Waals surface area contributed by atoms with Gasteiger partial charge >= 0.3 is 5.97 Å². The molecule has 0 saturated carbocycles. The summed E-state index contributed by atoms with van der Waals surface area (Å²) in [4.78, 5) is 30.9. The van der Waals surface area contributed by atoms with Crippen molar-refractivity contribution in [1.82, 2.24) is 9.88 Å². The third-order valence-corrected chi connectivity index (χ3v) is 4.61. The number of rotatable bonds is 6. The van der Waals surface area contributed by atoms with Crippen molar-refractivity contribution >= 4 is 40.2 Å². The number of amides is 1. The van der Waals surface area contributed by atoms with Crippen molar-refractivity contribution in [2.24, 2.45) is 0 Å². The van der Waals surface area contributed by atoms with Gasteiger partial charge in [0.1, 0.15) is 0 Å². The Kier molecular flexibility index (Phi) is 5.76. The van der Waals surface area contributed by atoms with Crippen molar-refractivity contribution in [2.45, 2.75) is 6.54 Å². The number of ether oxygens (including phenoxy) is 1. The highest BCUT2D eigenvalue weighted by Gasteiger charge is 2.11. The highest BCUT2D eigenvalue weighted by Crippen LogP contribution is 2.13. The van der Waals surface area contributed by atoms with Crippen LogP contribution < -0.4 is 0 Å². The molecule has 3 aromatic rings. The number of hydrogen-bond acceptors (Lipinski definition) is 5. The van der Waals surface area contributed by atoms with Crippen LogP contribution in [0.1, 0.15) is 10.6 Å². The van der Waals surface area contributed by atoms with E-state index in [4.69, 9.17) is 4.74 Å². The standard InChI is InChI=1S/C20H18N2O3S/c1-22(13-17-6-4-12-26-17)19(23)14-25-20(24)11-10-16-9-8-15-5-2-3-7-18(15)21-16/h2-12H,13-14H2,1H3/b11-10+. The number of esters is 1. The number of para-hydroxylation sites is 1. The Morgan fingerprint density at radius 1 is 1.15 bits per heavy atom. The van der Waals surface area contributed by atoms with Gasteiger partial charge in [-0.05, 0) is 29.7 Å². The van der Waals surface area contributed by atoms with Crippen LogP contribution in [0, 0.1) is 0 Å². The maximum Gasteiger partial charge on any atom is 0.331 e. The van der Waals surface area contributed by atoms with Crippen LogP contribution in [0.4, 0.5) is 0 Å². The summed E-state index contributed by atoms with van der Waals surface area (Å²) in [6, 6.07) is 15.4. The van der Waals surface area contributed by atoms with Crippen LogP contribution in [0.5, 0.6) is 0 Å². The molecule has 26 heavy (non-hydrogen) atoms. The Morgan fingerprint density at radius 3 is 2.81 bits per heavy atom. The number of fused-ring (bicyclic) bond motifs is 1. The van der Waals surface area contributed by atoms with Crippen molar-refractivity contribution in [3.63, 3.8) is 0 Å². The maximum absolute atomic E-state index is 12.0. The summed E-state index contributed by atoms with van der Waals surface area (Å²) in [5.74, 6) is -0.818. The Hall–Kier alpha value is -2.99. The van der Waals surface area contributed by atoms with E-state index in [0.717, 1.165) is 15.8 Å². The first kappa shape index (κ1) is 17.8. The first-order valence-electron chi connectivity index (χ1n) is 8.09. The van der Waals surface area contributed by atoms with Crippen LogP contribution in [0.15, 0.2) is 60.0 Å². The summed E-state index contributed by atoms with van der Waals surface area (Å²) >= 11 is 1.58. The lowest BCUT2D eigenvalue weighted by Crippen LogP contribution is -2.30. The van der Waals surface area contributed by atoms with Gasteiger partial charge < -0.3 is 9.64 Å². The number of pyridine rings is 1. The lowest BCUT2D eigenvalue weighted by molar-refractivity contribution is -0.147. The molecule has 0 radical (unpaired) electrons. The molecule has 6 heteroatoms. The quantitative estimate of drug-likeness (QED) is 0.495. The Bertz CT molecular complexity index is 935. The first-order valence-corrected chi connectivity index (χ1v) is 8.97. The SMILES string of the molecule is CN(Cc1cccs1)C(=O)COC(=O)/C=C/c1ccc2ccccc2n1. The van der Waals surface area contributed by atoms with Crippen LogP contribution in [0.25, 0.3) is 17.0 Å². The van der Waals surface area contributed by atoms with Gasteiger partial charge in [-0.1, -0.05) is 30.3 Å². The average molecular weight is 366 g/mol. The van der Waals surface area contributed by atoms with E-state index in [1.54, 1.807) is 24.5 Å². The molecule has 0 aliphatic heterocycles. The second-order valence-corrected chi connectivity index (χ2v) is 6.73. The predicted octanol–water partition coefficient (Wildman–Crippen LogP) is 3.51. The van der Waals surface area contributed by atoms with Crippen molar-refractivity contribution in [2.75, 3.05) is 13.7 Å². The topological polar surface area (TPSA) is 59.5 Å². The normalized spacial score (nSPS) is 11.0. The smallest absolute Gasteiger partial charge is 0.331 e. The van der Waals surface area contributed by atoms with E-state index in [1.165, 1.54) is 11.0 Å². The molecule has 0 fully saturated rings. The number of likely N-dealkylation sites (N-methyl/N-ethyl adjacent to an activating group) is 1. The van der Waals surface area contributed by atoms with E-state index in [2.05, 4.69) is 4.98 Å². The number of carbonyl (C=O) groups excluding carboxylic acids is 2. The Balaban J connectivity index is 1.51. The van der Waals surface area contributed by atoms with Crippen LogP contribution in [0.2, 0.25) is 0 Å². The van der Waals surface area contributed by atoms with E-state index in [1.807, 2.05) is 53.9 Å². The van der Waals surface area contributed by atoms with E-state index in [9.17, 15) is 9.59 Å². The van der Waals surface area contributed by atoms with Gasteiger partial charge in [-0.2, -0.15) is 0 Å². The average Bonchev–Trinajstić information content (AvgIpc) is 3.17. The molecule has 0 N–H and O–H groups in total. The summed E-state index contributed by atoms with van der Waals surface area (Å²) in [6.45, 7) is 0.223. The van der Waals surface area contributed by atoms with Crippen LogP contribution in [-0.2, 0) is 20.9 Å². The molecule has 0 spiro atoms. The third kappa shape index (κ3) is 4.77. The number of aromatic nitrogens is 1. The molecule has 0 atom stereocenters. The minimum atomic E-state index is -0.571. The number of benzene rings is 1. The maximum atomic E-state index is 12.0. The second kappa shape index (κ2) is 8.40. The highest BCUT2D eigenvalue weighted by atomic mass is 32.1. The zero-order valence-corrected chi connectivity index (χ0v) is 15.1. The number of hydrogen-bond donors (Lipinski definition) is 0. The molecule has 0 saturated heterocycles. The number of thiophene rings is 1. The van der Waals surface area contributed by atoms with Gasteiger partial charge in [-0.25, -0.2) is 9.78 Å². The molecule has 5 nitrogen and oxygen atoms in total. The summed E-state index contributed by atoms with van der Waals surface area (Å²) in [7, 11) is 1.69. The second-order valence-electron chi connectivity index (χ2n) is 5.70. The van der Waals surface area contributed by atoms with Crippen molar-refractivity contribution < 1.29 is 14.3 Å². The summed E-state index contributed by atoms with van der Waals surface area (Å²) in [5, 5.41) is 2.99. The van der Waals surface area contributed by atoms with Crippen LogP contribution >= 0.6 is 11.3 Å². The van der Waals surface area contributed by atoms with Gasteiger partial charge in [0.2, 0.25) is 0 Å².